The highest BCUT2D eigenvalue weighted by Crippen LogP contribution is 2.28. The lowest BCUT2D eigenvalue weighted by atomic mass is 10.1. The van der Waals surface area contributed by atoms with Crippen LogP contribution in [-0.2, 0) is 6.42 Å². The van der Waals surface area contributed by atoms with Crippen LogP contribution >= 0.6 is 0 Å². The van der Waals surface area contributed by atoms with E-state index in [9.17, 15) is 4.79 Å². The van der Waals surface area contributed by atoms with E-state index >= 15 is 0 Å². The van der Waals surface area contributed by atoms with Gasteiger partial charge in [-0.05, 0) is 57.0 Å². The normalized spacial score (nSPS) is 10.2. The molecule has 0 bridgehead atoms. The van der Waals surface area contributed by atoms with Crippen LogP contribution in [0.25, 0.3) is 0 Å². The van der Waals surface area contributed by atoms with E-state index in [0.29, 0.717) is 26.2 Å². The number of carbonyl (C=O) groups excluding carboxylic acids is 1. The van der Waals surface area contributed by atoms with E-state index < -0.39 is 0 Å². The predicted octanol–water partition coefficient (Wildman–Crippen LogP) is 4.16. The van der Waals surface area contributed by atoms with Gasteiger partial charge in [0, 0.05) is 12.2 Å². The summed E-state index contributed by atoms with van der Waals surface area (Å²) in [6.45, 7) is 7.62. The average molecular weight is 342 g/mol. The van der Waals surface area contributed by atoms with Gasteiger partial charge >= 0.3 is 6.03 Å². The first kappa shape index (κ1) is 18.6. The van der Waals surface area contributed by atoms with Crippen molar-refractivity contribution in [2.75, 3.05) is 25.1 Å². The van der Waals surface area contributed by atoms with Crippen molar-refractivity contribution in [1.29, 1.82) is 0 Å². The zero-order valence-corrected chi connectivity index (χ0v) is 15.1. The Kier molecular flexibility index (Phi) is 7.14. The molecular weight excluding hydrogens is 316 g/mol. The molecule has 0 spiro atoms. The number of hydrogen-bond donors (Lipinski definition) is 2. The molecule has 2 rings (SSSR count). The molecule has 5 heteroatoms. The molecule has 0 unspecified atom stereocenters. The molecule has 0 aromatic heterocycles. The number of anilines is 1. The molecule has 2 aromatic rings. The van der Waals surface area contributed by atoms with Gasteiger partial charge in [-0.25, -0.2) is 4.79 Å². The zero-order valence-electron chi connectivity index (χ0n) is 15.1. The van der Waals surface area contributed by atoms with E-state index in [4.69, 9.17) is 9.47 Å². The largest absolute Gasteiger partial charge is 0.490 e. The monoisotopic (exact) mass is 342 g/mol. The molecule has 0 aliphatic carbocycles. The summed E-state index contributed by atoms with van der Waals surface area (Å²) in [5.74, 6) is 1.49. The first-order chi connectivity index (χ1) is 12.1. The third kappa shape index (κ3) is 6.03. The van der Waals surface area contributed by atoms with Crippen LogP contribution in [0.3, 0.4) is 0 Å². The van der Waals surface area contributed by atoms with Crippen molar-refractivity contribution >= 4 is 11.7 Å². The molecule has 5 nitrogen and oxygen atoms in total. The second-order valence-corrected chi connectivity index (χ2v) is 5.64. The maximum Gasteiger partial charge on any atom is 0.319 e. The molecule has 2 N–H and O–H groups in total. The SMILES string of the molecule is CCOc1ccc(CCNC(=O)Nc2ccc(C)cc2)cc1OCC. The average Bonchev–Trinajstić information content (AvgIpc) is 2.59. The van der Waals surface area contributed by atoms with Crippen molar-refractivity contribution < 1.29 is 14.3 Å². The third-order valence-corrected chi connectivity index (χ3v) is 3.62. The van der Waals surface area contributed by atoms with Crippen molar-refractivity contribution in [3.63, 3.8) is 0 Å². The Labute approximate surface area is 149 Å². The Morgan fingerprint density at radius 2 is 1.64 bits per heavy atom. The summed E-state index contributed by atoms with van der Waals surface area (Å²) < 4.78 is 11.2. The number of carbonyl (C=O) groups is 1. The summed E-state index contributed by atoms with van der Waals surface area (Å²) in [6, 6.07) is 13.4. The molecule has 0 saturated heterocycles. The summed E-state index contributed by atoms with van der Waals surface area (Å²) >= 11 is 0. The van der Waals surface area contributed by atoms with Crippen LogP contribution in [0.5, 0.6) is 11.5 Å². The molecule has 0 fully saturated rings. The standard InChI is InChI=1S/C20H26N2O3/c1-4-24-18-11-8-16(14-19(18)25-5-2)12-13-21-20(23)22-17-9-6-15(3)7-10-17/h6-11,14H,4-5,12-13H2,1-3H3,(H2,21,22,23). The minimum Gasteiger partial charge on any atom is -0.490 e. The quantitative estimate of drug-likeness (QED) is 0.757. The molecule has 2 amide bonds. The van der Waals surface area contributed by atoms with Gasteiger partial charge in [0.05, 0.1) is 13.2 Å². The molecule has 0 aliphatic rings. The van der Waals surface area contributed by atoms with Gasteiger partial charge in [-0.15, -0.1) is 0 Å². The minimum atomic E-state index is -0.208. The lowest BCUT2D eigenvalue weighted by Gasteiger charge is -2.13. The van der Waals surface area contributed by atoms with Gasteiger partial charge in [0.25, 0.3) is 0 Å². The number of benzene rings is 2. The first-order valence-electron chi connectivity index (χ1n) is 8.62. The number of amides is 2. The van der Waals surface area contributed by atoms with Gasteiger partial charge < -0.3 is 20.1 Å². The summed E-state index contributed by atoms with van der Waals surface area (Å²) in [6.07, 6.45) is 0.716. The fraction of sp³-hybridized carbons (Fsp3) is 0.350. The number of nitrogens with one attached hydrogen (secondary N) is 2. The summed E-state index contributed by atoms with van der Waals surface area (Å²) in [5.41, 5.74) is 3.02. The third-order valence-electron chi connectivity index (χ3n) is 3.62. The van der Waals surface area contributed by atoms with Crippen molar-refractivity contribution in [1.82, 2.24) is 5.32 Å². The Balaban J connectivity index is 1.85. The van der Waals surface area contributed by atoms with Crippen molar-refractivity contribution in [2.24, 2.45) is 0 Å². The topological polar surface area (TPSA) is 59.6 Å². The van der Waals surface area contributed by atoms with Gasteiger partial charge in [0.1, 0.15) is 0 Å². The lowest BCUT2D eigenvalue weighted by Crippen LogP contribution is -2.30. The number of aryl methyl sites for hydroxylation is 1. The fourth-order valence-corrected chi connectivity index (χ4v) is 2.38. The molecule has 0 heterocycles. The van der Waals surface area contributed by atoms with Crippen LogP contribution in [-0.4, -0.2) is 25.8 Å². The zero-order chi connectivity index (χ0) is 18.1. The highest BCUT2D eigenvalue weighted by Gasteiger charge is 2.07. The van der Waals surface area contributed by atoms with Crippen LogP contribution in [0.1, 0.15) is 25.0 Å². The van der Waals surface area contributed by atoms with Crippen molar-refractivity contribution in [3.8, 4) is 11.5 Å². The maximum atomic E-state index is 11.9. The van der Waals surface area contributed by atoms with Crippen molar-refractivity contribution in [3.05, 3.63) is 53.6 Å². The van der Waals surface area contributed by atoms with Gasteiger partial charge in [0.15, 0.2) is 11.5 Å². The fourth-order valence-electron chi connectivity index (χ4n) is 2.38. The lowest BCUT2D eigenvalue weighted by molar-refractivity contribution is 0.252. The minimum absolute atomic E-state index is 0.208. The van der Waals surface area contributed by atoms with Gasteiger partial charge in [-0.3, -0.25) is 0 Å². The van der Waals surface area contributed by atoms with Gasteiger partial charge in [0.2, 0.25) is 0 Å². The molecule has 25 heavy (non-hydrogen) atoms. The van der Waals surface area contributed by atoms with E-state index in [2.05, 4.69) is 10.6 Å². The Morgan fingerprint density at radius 1 is 0.960 bits per heavy atom. The molecule has 0 atom stereocenters. The number of rotatable bonds is 8. The van der Waals surface area contributed by atoms with Crippen LogP contribution < -0.4 is 20.1 Å². The highest BCUT2D eigenvalue weighted by atomic mass is 16.5. The van der Waals surface area contributed by atoms with Gasteiger partial charge in [-0.1, -0.05) is 23.8 Å². The van der Waals surface area contributed by atoms with E-state index in [1.165, 1.54) is 0 Å². The van der Waals surface area contributed by atoms with Crippen LogP contribution in [0.2, 0.25) is 0 Å². The molecule has 0 radical (unpaired) electrons. The van der Waals surface area contributed by atoms with Crippen LogP contribution in [0.15, 0.2) is 42.5 Å². The van der Waals surface area contributed by atoms with E-state index in [1.54, 1.807) is 0 Å². The Bertz CT molecular complexity index is 684. The number of urea groups is 1. The van der Waals surface area contributed by atoms with E-state index in [1.807, 2.05) is 63.2 Å². The second kappa shape index (κ2) is 9.57. The molecule has 2 aromatic carbocycles. The van der Waals surface area contributed by atoms with Crippen molar-refractivity contribution in [2.45, 2.75) is 27.2 Å². The summed E-state index contributed by atoms with van der Waals surface area (Å²) in [5, 5.41) is 5.68. The second-order valence-electron chi connectivity index (χ2n) is 5.64. The van der Waals surface area contributed by atoms with Crippen LogP contribution in [0.4, 0.5) is 10.5 Å². The van der Waals surface area contributed by atoms with Gasteiger partial charge in [-0.2, -0.15) is 0 Å². The van der Waals surface area contributed by atoms with E-state index in [-0.39, 0.29) is 6.03 Å². The predicted molar refractivity (Wildman–Crippen MR) is 101 cm³/mol. The summed E-state index contributed by atoms with van der Waals surface area (Å²) in [7, 11) is 0. The smallest absolute Gasteiger partial charge is 0.319 e. The number of ether oxygens (including phenoxy) is 2. The highest BCUT2D eigenvalue weighted by molar-refractivity contribution is 5.89. The number of hydrogen-bond acceptors (Lipinski definition) is 3. The molecule has 0 saturated carbocycles. The maximum absolute atomic E-state index is 11.9. The molecule has 134 valence electrons. The molecular formula is C20H26N2O3. The Hall–Kier alpha value is -2.69. The van der Waals surface area contributed by atoms with E-state index in [0.717, 1.165) is 28.3 Å². The van der Waals surface area contributed by atoms with Crippen LogP contribution in [0, 0.1) is 6.92 Å². The first-order valence-corrected chi connectivity index (χ1v) is 8.62. The molecule has 0 aliphatic heterocycles. The summed E-state index contributed by atoms with van der Waals surface area (Å²) in [4.78, 5) is 11.9. The Morgan fingerprint density at radius 3 is 2.32 bits per heavy atom.